The van der Waals surface area contributed by atoms with E-state index in [2.05, 4.69) is 0 Å². The van der Waals surface area contributed by atoms with Gasteiger partial charge in [0, 0.05) is 12.1 Å². The summed E-state index contributed by atoms with van der Waals surface area (Å²) in [4.78, 5) is 0. The second-order valence-corrected chi connectivity index (χ2v) is 2.27. The normalized spacial score (nSPS) is 10.7. The molecule has 0 amide bonds. The predicted octanol–water partition coefficient (Wildman–Crippen LogP) is 2.14. The summed E-state index contributed by atoms with van der Waals surface area (Å²) >= 11 is 0. The Labute approximate surface area is 68.2 Å². The van der Waals surface area contributed by atoms with Crippen LogP contribution in [0, 0.1) is 5.82 Å². The largest absolute Gasteiger partial charge is 0.292 e. The molecule has 0 radical (unpaired) electrons. The third-order valence-electron chi connectivity index (χ3n) is 1.40. The smallest absolute Gasteiger partial charge is 0.257 e. The molecule has 66 valence electrons. The Hall–Kier alpha value is -1.03. The summed E-state index contributed by atoms with van der Waals surface area (Å²) in [6.45, 7) is -2.76. The van der Waals surface area contributed by atoms with Crippen LogP contribution in [0.5, 0.6) is 0 Å². The van der Waals surface area contributed by atoms with E-state index >= 15 is 0 Å². The van der Waals surface area contributed by atoms with Gasteiger partial charge in [-0.2, -0.15) is 8.78 Å². The first-order valence-electron chi connectivity index (χ1n) is 3.45. The van der Waals surface area contributed by atoms with Crippen LogP contribution in [0.1, 0.15) is 5.56 Å². The molecule has 1 rings (SSSR count). The number of hydrogen-bond acceptors (Lipinski definition) is 1. The van der Waals surface area contributed by atoms with E-state index in [1.165, 1.54) is 18.2 Å². The number of benzene rings is 1. The van der Waals surface area contributed by atoms with E-state index < -0.39 is 12.4 Å². The average molecular weight is 175 g/mol. The molecule has 0 aliphatic heterocycles. The molecule has 0 aliphatic rings. The molecule has 0 aliphatic carbocycles. The van der Waals surface area contributed by atoms with E-state index in [-0.39, 0.29) is 12.1 Å². The molecule has 1 aromatic carbocycles. The molecule has 0 saturated carbocycles. The van der Waals surface area contributed by atoms with Gasteiger partial charge in [0.2, 0.25) is 0 Å². The molecule has 0 saturated heterocycles. The summed E-state index contributed by atoms with van der Waals surface area (Å²) in [6.07, 6.45) is 0. The van der Waals surface area contributed by atoms with Gasteiger partial charge in [-0.05, 0) is 6.07 Å². The summed E-state index contributed by atoms with van der Waals surface area (Å²) in [5, 5.41) is 1.83. The van der Waals surface area contributed by atoms with Crippen molar-refractivity contribution in [3.8, 4) is 0 Å². The predicted molar refractivity (Wildman–Crippen MR) is 39.2 cm³/mol. The molecular weight excluding hydrogens is 167 g/mol. The van der Waals surface area contributed by atoms with Gasteiger partial charge in [-0.15, -0.1) is 0 Å². The maximum Gasteiger partial charge on any atom is 0.292 e. The molecule has 4 heteroatoms. The lowest BCUT2D eigenvalue weighted by molar-refractivity contribution is 0.105. The highest BCUT2D eigenvalue weighted by molar-refractivity contribution is 5.16. The zero-order valence-corrected chi connectivity index (χ0v) is 6.23. The van der Waals surface area contributed by atoms with E-state index in [1.54, 1.807) is 6.07 Å². The molecule has 1 aromatic rings. The van der Waals surface area contributed by atoms with E-state index in [1.807, 2.05) is 5.32 Å². The fourth-order valence-corrected chi connectivity index (χ4v) is 0.829. The quantitative estimate of drug-likeness (QED) is 0.694. The van der Waals surface area contributed by atoms with Crippen molar-refractivity contribution >= 4 is 0 Å². The topological polar surface area (TPSA) is 12.0 Å². The number of nitrogens with one attached hydrogen (secondary N) is 1. The van der Waals surface area contributed by atoms with Crippen LogP contribution in [-0.4, -0.2) is 6.55 Å². The van der Waals surface area contributed by atoms with Crippen molar-refractivity contribution in [3.63, 3.8) is 0 Å². The van der Waals surface area contributed by atoms with Crippen molar-refractivity contribution in [3.05, 3.63) is 35.6 Å². The van der Waals surface area contributed by atoms with Crippen LogP contribution in [-0.2, 0) is 6.54 Å². The standard InChI is InChI=1S/C8H8F3N/c9-7-4-2-1-3-6(7)5-12-8(10)11/h1-4,8,12H,5H2. The number of hydrogen-bond donors (Lipinski definition) is 1. The number of halogens is 3. The molecule has 0 atom stereocenters. The maximum atomic E-state index is 12.8. The first kappa shape index (κ1) is 9.06. The van der Waals surface area contributed by atoms with Crippen molar-refractivity contribution in [2.75, 3.05) is 0 Å². The zero-order chi connectivity index (χ0) is 8.97. The van der Waals surface area contributed by atoms with Gasteiger partial charge >= 0.3 is 0 Å². The second-order valence-electron chi connectivity index (χ2n) is 2.27. The Morgan fingerprint density at radius 1 is 1.25 bits per heavy atom. The van der Waals surface area contributed by atoms with Gasteiger partial charge in [-0.25, -0.2) is 4.39 Å². The molecule has 0 fully saturated rings. The SMILES string of the molecule is Fc1ccccc1CNC(F)F. The van der Waals surface area contributed by atoms with Crippen LogP contribution in [0.25, 0.3) is 0 Å². The molecule has 0 aromatic heterocycles. The number of alkyl halides is 2. The molecule has 0 unspecified atom stereocenters. The van der Waals surface area contributed by atoms with Crippen molar-refractivity contribution in [1.29, 1.82) is 0 Å². The highest BCUT2D eigenvalue weighted by Gasteiger charge is 2.03. The minimum Gasteiger partial charge on any atom is -0.257 e. The molecule has 0 spiro atoms. The van der Waals surface area contributed by atoms with Crippen LogP contribution >= 0.6 is 0 Å². The molecule has 1 N–H and O–H groups in total. The van der Waals surface area contributed by atoms with Gasteiger partial charge in [-0.1, -0.05) is 18.2 Å². The monoisotopic (exact) mass is 175 g/mol. The lowest BCUT2D eigenvalue weighted by Gasteiger charge is -2.03. The van der Waals surface area contributed by atoms with Crippen LogP contribution in [0.4, 0.5) is 13.2 Å². The molecule has 1 nitrogen and oxygen atoms in total. The second kappa shape index (κ2) is 4.11. The Bertz CT molecular complexity index is 250. The lowest BCUT2D eigenvalue weighted by Crippen LogP contribution is -2.19. The van der Waals surface area contributed by atoms with Gasteiger partial charge in [0.25, 0.3) is 6.55 Å². The van der Waals surface area contributed by atoms with Gasteiger partial charge < -0.3 is 0 Å². The van der Waals surface area contributed by atoms with Crippen LogP contribution < -0.4 is 5.32 Å². The first-order valence-corrected chi connectivity index (χ1v) is 3.45. The Balaban J connectivity index is 2.57. The summed E-state index contributed by atoms with van der Waals surface area (Å²) in [6, 6.07) is 5.82. The number of rotatable bonds is 3. The average Bonchev–Trinajstić information content (AvgIpc) is 2.03. The molecule has 0 bridgehead atoms. The van der Waals surface area contributed by atoms with Crippen molar-refractivity contribution in [1.82, 2.24) is 5.32 Å². The first-order chi connectivity index (χ1) is 5.70. The molecule has 0 heterocycles. The van der Waals surface area contributed by atoms with Crippen LogP contribution in [0.3, 0.4) is 0 Å². The molecular formula is C8H8F3N. The van der Waals surface area contributed by atoms with Gasteiger partial charge in [-0.3, -0.25) is 5.32 Å². The van der Waals surface area contributed by atoms with Gasteiger partial charge in [0.05, 0.1) is 0 Å². The molecule has 12 heavy (non-hydrogen) atoms. The Morgan fingerprint density at radius 3 is 2.50 bits per heavy atom. The summed E-state index contributed by atoms with van der Waals surface area (Å²) in [5.74, 6) is -0.467. The zero-order valence-electron chi connectivity index (χ0n) is 6.23. The van der Waals surface area contributed by atoms with Gasteiger partial charge in [0.15, 0.2) is 0 Å². The third kappa shape index (κ3) is 2.54. The fourth-order valence-electron chi connectivity index (χ4n) is 0.829. The Kier molecular flexibility index (Phi) is 3.10. The van der Waals surface area contributed by atoms with E-state index in [4.69, 9.17) is 0 Å². The summed E-state index contributed by atoms with van der Waals surface area (Å²) in [7, 11) is 0. The van der Waals surface area contributed by atoms with E-state index in [0.29, 0.717) is 0 Å². The third-order valence-corrected chi connectivity index (χ3v) is 1.40. The van der Waals surface area contributed by atoms with Crippen molar-refractivity contribution in [2.45, 2.75) is 13.1 Å². The van der Waals surface area contributed by atoms with E-state index in [0.717, 1.165) is 0 Å². The summed E-state index contributed by atoms with van der Waals surface area (Å²) in [5.41, 5.74) is 0.248. The minimum absolute atomic E-state index is 0.148. The van der Waals surface area contributed by atoms with Gasteiger partial charge in [0.1, 0.15) is 5.82 Å². The van der Waals surface area contributed by atoms with E-state index in [9.17, 15) is 13.2 Å². The maximum absolute atomic E-state index is 12.8. The van der Waals surface area contributed by atoms with Crippen LogP contribution in [0.15, 0.2) is 24.3 Å². The fraction of sp³-hybridized carbons (Fsp3) is 0.250. The van der Waals surface area contributed by atoms with Crippen molar-refractivity contribution in [2.24, 2.45) is 0 Å². The van der Waals surface area contributed by atoms with Crippen molar-refractivity contribution < 1.29 is 13.2 Å². The highest BCUT2D eigenvalue weighted by atomic mass is 19.3. The Morgan fingerprint density at radius 2 is 1.92 bits per heavy atom. The minimum atomic E-state index is -2.61. The van der Waals surface area contributed by atoms with Crippen LogP contribution in [0.2, 0.25) is 0 Å². The summed E-state index contributed by atoms with van der Waals surface area (Å²) < 4.78 is 36.0. The lowest BCUT2D eigenvalue weighted by atomic mass is 10.2. The highest BCUT2D eigenvalue weighted by Crippen LogP contribution is 2.05.